The molecule has 104 valence electrons. The summed E-state index contributed by atoms with van der Waals surface area (Å²) in [5.41, 5.74) is 0.528. The highest BCUT2D eigenvalue weighted by Gasteiger charge is 2.12. The van der Waals surface area contributed by atoms with Gasteiger partial charge in [0, 0.05) is 4.47 Å². The van der Waals surface area contributed by atoms with Gasteiger partial charge >= 0.3 is 5.97 Å². The quantitative estimate of drug-likeness (QED) is 0.410. The molecule has 0 aliphatic heterocycles. The summed E-state index contributed by atoms with van der Waals surface area (Å²) < 4.78 is 7.26. The van der Waals surface area contributed by atoms with Crippen molar-refractivity contribution in [3.05, 3.63) is 75.2 Å². The molecular weight excluding hydrogens is 396 g/mol. The number of fused-ring (bicyclic) bond motifs is 1. The van der Waals surface area contributed by atoms with E-state index < -0.39 is 0 Å². The van der Waals surface area contributed by atoms with E-state index in [1.54, 1.807) is 18.2 Å². The second kappa shape index (κ2) is 6.00. The van der Waals surface area contributed by atoms with E-state index in [4.69, 9.17) is 4.74 Å². The van der Waals surface area contributed by atoms with Gasteiger partial charge < -0.3 is 4.74 Å². The Balaban J connectivity index is 1.96. The summed E-state index contributed by atoms with van der Waals surface area (Å²) in [6.07, 6.45) is 0. The molecule has 21 heavy (non-hydrogen) atoms. The monoisotopic (exact) mass is 404 g/mol. The highest BCUT2D eigenvalue weighted by Crippen LogP contribution is 2.34. The largest absolute Gasteiger partial charge is 0.422 e. The van der Waals surface area contributed by atoms with Crippen molar-refractivity contribution >= 4 is 48.6 Å². The molecule has 0 spiro atoms. The van der Waals surface area contributed by atoms with Crippen LogP contribution in [0, 0.1) is 0 Å². The Morgan fingerprint density at radius 1 is 0.905 bits per heavy atom. The number of ether oxygens (including phenoxy) is 1. The van der Waals surface area contributed by atoms with E-state index >= 15 is 0 Å². The fourth-order valence-electron chi connectivity index (χ4n) is 2.05. The number of rotatable bonds is 2. The predicted octanol–water partition coefficient (Wildman–Crippen LogP) is 5.58. The average molecular weight is 406 g/mol. The first kappa shape index (κ1) is 14.3. The van der Waals surface area contributed by atoms with Crippen LogP contribution >= 0.6 is 31.9 Å². The van der Waals surface area contributed by atoms with Crippen molar-refractivity contribution in [2.75, 3.05) is 0 Å². The lowest BCUT2D eigenvalue weighted by Crippen LogP contribution is -2.08. The normalized spacial score (nSPS) is 10.6. The molecule has 0 aliphatic carbocycles. The number of esters is 1. The van der Waals surface area contributed by atoms with Crippen molar-refractivity contribution in [2.45, 2.75) is 0 Å². The zero-order chi connectivity index (χ0) is 14.8. The summed E-state index contributed by atoms with van der Waals surface area (Å²) in [6.45, 7) is 0. The van der Waals surface area contributed by atoms with E-state index in [0.717, 1.165) is 19.7 Å². The molecule has 0 bridgehead atoms. The minimum Gasteiger partial charge on any atom is -0.422 e. The van der Waals surface area contributed by atoms with Gasteiger partial charge in [0.15, 0.2) is 0 Å². The molecular formula is C17H10Br2O2. The topological polar surface area (TPSA) is 26.3 Å². The molecule has 0 saturated carbocycles. The summed E-state index contributed by atoms with van der Waals surface area (Å²) in [4.78, 5) is 12.1. The van der Waals surface area contributed by atoms with Crippen molar-refractivity contribution < 1.29 is 9.53 Å². The predicted molar refractivity (Wildman–Crippen MR) is 90.7 cm³/mol. The van der Waals surface area contributed by atoms with Gasteiger partial charge in [-0.15, -0.1) is 0 Å². The Labute approximate surface area is 139 Å². The van der Waals surface area contributed by atoms with Crippen LogP contribution in [0.4, 0.5) is 0 Å². The van der Waals surface area contributed by atoms with Crippen LogP contribution in [0.5, 0.6) is 5.75 Å². The Morgan fingerprint density at radius 3 is 2.43 bits per heavy atom. The minimum atomic E-state index is -0.368. The van der Waals surface area contributed by atoms with Crippen molar-refractivity contribution in [1.82, 2.24) is 0 Å². The molecule has 0 radical (unpaired) electrons. The number of benzene rings is 3. The molecule has 0 aliphatic rings. The van der Waals surface area contributed by atoms with Gasteiger partial charge in [-0.3, -0.25) is 0 Å². The van der Waals surface area contributed by atoms with Crippen LogP contribution in [0.2, 0.25) is 0 Å². The van der Waals surface area contributed by atoms with E-state index in [1.807, 2.05) is 42.5 Å². The second-order valence-electron chi connectivity index (χ2n) is 4.50. The van der Waals surface area contributed by atoms with Gasteiger partial charge in [-0.05, 0) is 57.0 Å². The van der Waals surface area contributed by atoms with Crippen LogP contribution < -0.4 is 4.74 Å². The molecule has 0 amide bonds. The lowest BCUT2D eigenvalue weighted by Gasteiger charge is -2.09. The molecule has 0 unspecified atom stereocenters. The molecule has 3 rings (SSSR count). The van der Waals surface area contributed by atoms with E-state index in [-0.39, 0.29) is 5.97 Å². The van der Waals surface area contributed by atoms with Crippen LogP contribution in [0.25, 0.3) is 10.8 Å². The van der Waals surface area contributed by atoms with Gasteiger partial charge in [0.05, 0.1) is 10.0 Å². The standard InChI is InChI=1S/C17H10Br2O2/c18-13-7-8-14-12(10-13)6-9-15(16(14)19)21-17(20)11-4-2-1-3-5-11/h1-10H. The summed E-state index contributed by atoms with van der Waals surface area (Å²) in [6, 6.07) is 18.6. The van der Waals surface area contributed by atoms with Crippen LogP contribution in [-0.2, 0) is 0 Å². The maximum Gasteiger partial charge on any atom is 0.343 e. The summed E-state index contributed by atoms with van der Waals surface area (Å²) in [7, 11) is 0. The van der Waals surface area contributed by atoms with Crippen molar-refractivity contribution in [1.29, 1.82) is 0 Å². The smallest absolute Gasteiger partial charge is 0.343 e. The molecule has 0 fully saturated rings. The lowest BCUT2D eigenvalue weighted by atomic mass is 10.1. The third-order valence-electron chi connectivity index (χ3n) is 3.09. The van der Waals surface area contributed by atoms with Gasteiger partial charge in [-0.25, -0.2) is 4.79 Å². The fraction of sp³-hybridized carbons (Fsp3) is 0. The number of halogens is 2. The summed E-state index contributed by atoms with van der Waals surface area (Å²) >= 11 is 6.96. The number of hydrogen-bond donors (Lipinski definition) is 0. The van der Waals surface area contributed by atoms with Crippen molar-refractivity contribution in [2.24, 2.45) is 0 Å². The van der Waals surface area contributed by atoms with Gasteiger partial charge in [0.2, 0.25) is 0 Å². The highest BCUT2D eigenvalue weighted by atomic mass is 79.9. The highest BCUT2D eigenvalue weighted by molar-refractivity contribution is 9.11. The summed E-state index contributed by atoms with van der Waals surface area (Å²) in [5.74, 6) is 0.145. The minimum absolute atomic E-state index is 0.368. The van der Waals surface area contributed by atoms with Gasteiger partial charge in [0.25, 0.3) is 0 Å². The van der Waals surface area contributed by atoms with Gasteiger partial charge in [-0.1, -0.05) is 46.3 Å². The van der Waals surface area contributed by atoms with Crippen LogP contribution in [0.3, 0.4) is 0 Å². The first-order valence-electron chi connectivity index (χ1n) is 6.30. The molecule has 2 nitrogen and oxygen atoms in total. The number of carbonyl (C=O) groups is 1. The molecule has 0 saturated heterocycles. The lowest BCUT2D eigenvalue weighted by molar-refractivity contribution is 0.0734. The number of hydrogen-bond acceptors (Lipinski definition) is 2. The molecule has 0 aromatic heterocycles. The maximum absolute atomic E-state index is 12.1. The van der Waals surface area contributed by atoms with Gasteiger partial charge in [0.1, 0.15) is 5.75 Å². The molecule has 3 aromatic rings. The zero-order valence-corrected chi connectivity index (χ0v) is 14.0. The average Bonchev–Trinajstić information content (AvgIpc) is 2.51. The Hall–Kier alpha value is -1.65. The Morgan fingerprint density at radius 2 is 1.67 bits per heavy atom. The van der Waals surface area contributed by atoms with Crippen LogP contribution in [0.1, 0.15) is 10.4 Å². The molecule has 4 heteroatoms. The van der Waals surface area contributed by atoms with E-state index in [2.05, 4.69) is 31.9 Å². The Kier molecular flexibility index (Phi) is 4.08. The number of carbonyl (C=O) groups excluding carboxylic acids is 1. The maximum atomic E-state index is 12.1. The molecule has 0 N–H and O–H groups in total. The summed E-state index contributed by atoms with van der Waals surface area (Å²) in [5, 5.41) is 2.06. The fourth-order valence-corrected chi connectivity index (χ4v) is 3.01. The molecule has 3 aromatic carbocycles. The molecule has 0 atom stereocenters. The van der Waals surface area contributed by atoms with Crippen molar-refractivity contribution in [3.8, 4) is 5.75 Å². The third-order valence-corrected chi connectivity index (χ3v) is 4.40. The van der Waals surface area contributed by atoms with E-state index in [9.17, 15) is 4.79 Å². The SMILES string of the molecule is O=C(Oc1ccc2cc(Br)ccc2c1Br)c1ccccc1. The molecule has 0 heterocycles. The first-order valence-corrected chi connectivity index (χ1v) is 7.89. The van der Waals surface area contributed by atoms with Crippen LogP contribution in [-0.4, -0.2) is 5.97 Å². The third kappa shape index (κ3) is 3.01. The second-order valence-corrected chi connectivity index (χ2v) is 6.21. The van der Waals surface area contributed by atoms with Crippen LogP contribution in [0.15, 0.2) is 69.6 Å². The van der Waals surface area contributed by atoms with E-state index in [0.29, 0.717) is 11.3 Å². The first-order chi connectivity index (χ1) is 10.1. The van der Waals surface area contributed by atoms with Gasteiger partial charge in [-0.2, -0.15) is 0 Å². The zero-order valence-electron chi connectivity index (χ0n) is 10.8. The Bertz CT molecular complexity index is 814. The van der Waals surface area contributed by atoms with Crippen molar-refractivity contribution in [3.63, 3.8) is 0 Å². The van der Waals surface area contributed by atoms with E-state index in [1.165, 1.54) is 0 Å².